The van der Waals surface area contributed by atoms with Crippen LogP contribution in [0, 0.1) is 19.7 Å². The van der Waals surface area contributed by atoms with Gasteiger partial charge in [0.15, 0.2) is 0 Å². The molecule has 1 atom stereocenters. The van der Waals surface area contributed by atoms with E-state index in [1.807, 2.05) is 39.0 Å². The molecule has 1 aromatic heterocycles. The van der Waals surface area contributed by atoms with Crippen LogP contribution in [-0.2, 0) is 11.3 Å². The lowest BCUT2D eigenvalue weighted by atomic mass is 9.98. The van der Waals surface area contributed by atoms with Crippen LogP contribution in [-0.4, -0.2) is 20.7 Å². The van der Waals surface area contributed by atoms with E-state index >= 15 is 0 Å². The van der Waals surface area contributed by atoms with Crippen molar-refractivity contribution in [1.29, 1.82) is 0 Å². The zero-order valence-corrected chi connectivity index (χ0v) is 18.9. The Hall–Kier alpha value is -3.64. The number of benzene rings is 3. The van der Waals surface area contributed by atoms with E-state index in [9.17, 15) is 19.4 Å². The molecule has 3 aromatic carbocycles. The Labute approximate surface area is 192 Å². The smallest absolute Gasteiger partial charge is 0.224 e. The highest BCUT2D eigenvalue weighted by Crippen LogP contribution is 2.33. The maximum Gasteiger partial charge on any atom is 0.224 e. The Balaban J connectivity index is 1.72. The average molecular weight is 447 g/mol. The van der Waals surface area contributed by atoms with Crippen LogP contribution >= 0.6 is 0 Å². The van der Waals surface area contributed by atoms with E-state index in [-0.39, 0.29) is 17.5 Å². The highest BCUT2D eigenvalue weighted by atomic mass is 19.1. The fraction of sp³-hybridized carbons (Fsp3) is 0.222. The first-order chi connectivity index (χ1) is 15.8. The summed E-state index contributed by atoms with van der Waals surface area (Å²) in [6.45, 7) is 6.38. The van der Waals surface area contributed by atoms with Crippen molar-refractivity contribution in [2.75, 3.05) is 5.32 Å². The zero-order valence-electron chi connectivity index (χ0n) is 18.9. The van der Waals surface area contributed by atoms with Crippen LogP contribution < -0.4 is 5.32 Å². The maximum atomic E-state index is 13.3. The molecule has 4 aromatic rings. The molecule has 3 N–H and O–H groups in total. The topological polar surface area (TPSA) is 74.5 Å². The van der Waals surface area contributed by atoms with E-state index in [0.29, 0.717) is 24.1 Å². The van der Waals surface area contributed by atoms with Crippen molar-refractivity contribution in [2.45, 2.75) is 39.8 Å². The van der Waals surface area contributed by atoms with Gasteiger partial charge in [-0.05, 0) is 66.9 Å². The number of hydrogen-bond acceptors (Lipinski definition) is 3. The Kier molecular flexibility index (Phi) is 6.20. The summed E-state index contributed by atoms with van der Waals surface area (Å²) in [6, 6.07) is 16.7. The number of aliphatic hydroxyl groups is 1. The number of phenols is 1. The van der Waals surface area contributed by atoms with Gasteiger partial charge in [0.25, 0.3) is 0 Å². The van der Waals surface area contributed by atoms with Gasteiger partial charge in [0.05, 0.1) is 11.2 Å². The Morgan fingerprint density at radius 1 is 1.06 bits per heavy atom. The van der Waals surface area contributed by atoms with Crippen LogP contribution in [0.25, 0.3) is 10.9 Å². The van der Waals surface area contributed by atoms with Gasteiger partial charge in [-0.25, -0.2) is 4.39 Å². The van der Waals surface area contributed by atoms with Crippen LogP contribution in [0.5, 0.6) is 5.75 Å². The normalized spacial score (nSPS) is 12.2. The van der Waals surface area contributed by atoms with Crippen molar-refractivity contribution in [1.82, 2.24) is 4.57 Å². The fourth-order valence-electron chi connectivity index (χ4n) is 4.16. The Morgan fingerprint density at radius 3 is 2.48 bits per heavy atom. The molecule has 0 saturated carbocycles. The third-order valence-electron chi connectivity index (χ3n) is 5.98. The van der Waals surface area contributed by atoms with Crippen LogP contribution in [0.15, 0.2) is 60.7 Å². The highest BCUT2D eigenvalue weighted by Gasteiger charge is 2.17. The molecule has 1 unspecified atom stereocenters. The molecule has 0 fully saturated rings. The molecule has 170 valence electrons. The number of rotatable bonds is 6. The van der Waals surface area contributed by atoms with Gasteiger partial charge in [-0.3, -0.25) is 4.79 Å². The number of halogens is 1. The second-order valence-corrected chi connectivity index (χ2v) is 8.31. The SMILES string of the molecule is CCC(=O)Nc1ccc(C)c2c1cc(C)n2Cc1ccc(O)c(C(O)c2ccc(F)cc2)c1. The zero-order chi connectivity index (χ0) is 23.7. The van der Waals surface area contributed by atoms with Crippen LogP contribution in [0.2, 0.25) is 0 Å². The van der Waals surface area contributed by atoms with Gasteiger partial charge in [-0.2, -0.15) is 0 Å². The van der Waals surface area contributed by atoms with E-state index < -0.39 is 6.10 Å². The first-order valence-electron chi connectivity index (χ1n) is 10.9. The van der Waals surface area contributed by atoms with Crippen molar-refractivity contribution < 1.29 is 19.4 Å². The number of aliphatic hydroxyl groups excluding tert-OH is 1. The first kappa shape index (κ1) is 22.6. The molecule has 5 nitrogen and oxygen atoms in total. The van der Waals surface area contributed by atoms with E-state index in [1.165, 1.54) is 24.3 Å². The van der Waals surface area contributed by atoms with Gasteiger partial charge in [-0.15, -0.1) is 0 Å². The van der Waals surface area contributed by atoms with E-state index in [0.717, 1.165) is 33.4 Å². The lowest BCUT2D eigenvalue weighted by molar-refractivity contribution is -0.115. The predicted octanol–water partition coefficient (Wildman–Crippen LogP) is 5.58. The summed E-state index contributed by atoms with van der Waals surface area (Å²) < 4.78 is 15.4. The molecular weight excluding hydrogens is 419 g/mol. The molecular formula is C27H27FN2O3. The van der Waals surface area contributed by atoms with Crippen molar-refractivity contribution >= 4 is 22.5 Å². The number of fused-ring (bicyclic) bond motifs is 1. The standard InChI is InChI=1S/C27H27FN2O3/c1-4-25(32)29-23-11-5-16(2)26-21(23)13-17(3)30(26)15-18-6-12-24(31)22(14-18)27(33)19-7-9-20(28)10-8-19/h5-14,27,31,33H,4,15H2,1-3H3,(H,29,32). The van der Waals surface area contributed by atoms with Crippen molar-refractivity contribution in [3.05, 3.63) is 94.4 Å². The lowest BCUT2D eigenvalue weighted by Gasteiger charge is -2.16. The van der Waals surface area contributed by atoms with Gasteiger partial charge in [0.1, 0.15) is 17.7 Å². The third-order valence-corrected chi connectivity index (χ3v) is 5.98. The minimum Gasteiger partial charge on any atom is -0.508 e. The molecule has 0 bridgehead atoms. The molecule has 0 aliphatic heterocycles. The predicted molar refractivity (Wildman–Crippen MR) is 128 cm³/mol. The number of aryl methyl sites for hydroxylation is 2. The van der Waals surface area contributed by atoms with Gasteiger partial charge < -0.3 is 20.1 Å². The quantitative estimate of drug-likeness (QED) is 0.362. The van der Waals surface area contributed by atoms with Crippen molar-refractivity contribution in [3.63, 3.8) is 0 Å². The van der Waals surface area contributed by atoms with Crippen LogP contribution in [0.3, 0.4) is 0 Å². The van der Waals surface area contributed by atoms with Gasteiger partial charge in [0.2, 0.25) is 5.91 Å². The number of carbonyl (C=O) groups excluding carboxylic acids is 1. The van der Waals surface area contributed by atoms with E-state index in [1.54, 1.807) is 12.1 Å². The molecule has 0 radical (unpaired) electrons. The second-order valence-electron chi connectivity index (χ2n) is 8.31. The van der Waals surface area contributed by atoms with Crippen molar-refractivity contribution in [2.24, 2.45) is 0 Å². The summed E-state index contributed by atoms with van der Waals surface area (Å²) in [4.78, 5) is 12.0. The average Bonchev–Trinajstić information content (AvgIpc) is 3.13. The van der Waals surface area contributed by atoms with E-state index in [2.05, 4.69) is 16.0 Å². The van der Waals surface area contributed by atoms with Gasteiger partial charge in [0, 0.05) is 29.6 Å². The summed E-state index contributed by atoms with van der Waals surface area (Å²) in [6.07, 6.45) is -0.674. The van der Waals surface area contributed by atoms with Crippen LogP contribution in [0.4, 0.5) is 10.1 Å². The molecule has 4 rings (SSSR count). The summed E-state index contributed by atoms with van der Waals surface area (Å²) >= 11 is 0. The molecule has 1 heterocycles. The van der Waals surface area contributed by atoms with Crippen LogP contribution in [0.1, 0.15) is 47.4 Å². The van der Waals surface area contributed by atoms with Gasteiger partial charge >= 0.3 is 0 Å². The van der Waals surface area contributed by atoms with E-state index in [4.69, 9.17) is 0 Å². The minimum atomic E-state index is -1.08. The highest BCUT2D eigenvalue weighted by molar-refractivity contribution is 6.02. The minimum absolute atomic E-state index is 0.0228. The Bertz CT molecular complexity index is 1330. The molecule has 0 aliphatic rings. The molecule has 0 spiro atoms. The fourth-order valence-corrected chi connectivity index (χ4v) is 4.16. The number of phenolic OH excluding ortho intramolecular Hbond substituents is 1. The van der Waals surface area contributed by atoms with Crippen molar-refractivity contribution in [3.8, 4) is 5.75 Å². The number of amides is 1. The molecule has 0 aliphatic carbocycles. The lowest BCUT2D eigenvalue weighted by Crippen LogP contribution is -2.10. The molecule has 0 saturated heterocycles. The maximum absolute atomic E-state index is 13.3. The number of aromatic nitrogens is 1. The summed E-state index contributed by atoms with van der Waals surface area (Å²) in [5.74, 6) is -0.447. The first-order valence-corrected chi connectivity index (χ1v) is 10.9. The molecule has 1 amide bonds. The summed E-state index contributed by atoms with van der Waals surface area (Å²) in [5.41, 5.74) is 5.67. The second kappa shape index (κ2) is 9.08. The van der Waals surface area contributed by atoms with Gasteiger partial charge in [-0.1, -0.05) is 31.2 Å². The Morgan fingerprint density at radius 2 is 1.79 bits per heavy atom. The summed E-state index contributed by atoms with van der Waals surface area (Å²) in [5, 5.41) is 25.1. The number of hydrogen-bond donors (Lipinski definition) is 3. The summed E-state index contributed by atoms with van der Waals surface area (Å²) in [7, 11) is 0. The number of nitrogens with zero attached hydrogens (tertiary/aromatic N) is 1. The number of aromatic hydroxyl groups is 1. The largest absolute Gasteiger partial charge is 0.508 e. The monoisotopic (exact) mass is 446 g/mol. The molecule has 6 heteroatoms. The number of carbonyl (C=O) groups is 1. The number of nitrogens with one attached hydrogen (secondary N) is 1. The molecule has 33 heavy (non-hydrogen) atoms. The number of anilines is 1. The third kappa shape index (κ3) is 4.47.